The van der Waals surface area contributed by atoms with E-state index in [-0.39, 0.29) is 7.69 Å². The van der Waals surface area contributed by atoms with E-state index < -0.39 is 11.7 Å². The van der Waals surface area contributed by atoms with Crippen LogP contribution in [0.2, 0.25) is 0 Å². The van der Waals surface area contributed by atoms with E-state index in [0.717, 1.165) is 0 Å². The van der Waals surface area contributed by atoms with Crippen molar-refractivity contribution in [1.29, 1.82) is 0 Å². The maximum absolute atomic E-state index is 11.0. The van der Waals surface area contributed by atoms with Gasteiger partial charge >= 0.3 is 13.8 Å². The minimum atomic E-state index is -0.491. The molecular formula is C8H16BNO4. The Morgan fingerprint density at radius 2 is 2.21 bits per heavy atom. The van der Waals surface area contributed by atoms with Gasteiger partial charge < -0.3 is 19.7 Å². The van der Waals surface area contributed by atoms with E-state index in [0.29, 0.717) is 6.54 Å². The van der Waals surface area contributed by atoms with Crippen molar-refractivity contribution in [1.82, 2.24) is 5.32 Å². The first-order valence-electron chi connectivity index (χ1n) is 4.30. The minimum absolute atomic E-state index is 0.301. The molecule has 0 unspecified atom stereocenters. The van der Waals surface area contributed by atoms with Crippen LogP contribution in [0.15, 0.2) is 12.3 Å². The average molecular weight is 201 g/mol. The Morgan fingerprint density at radius 3 is 2.71 bits per heavy atom. The second-order valence-corrected chi connectivity index (χ2v) is 3.55. The smallest absolute Gasteiger partial charge is 0.503 e. The zero-order valence-corrected chi connectivity index (χ0v) is 8.74. The number of ether oxygens (including phenoxy) is 1. The molecule has 0 fully saturated rings. The van der Waals surface area contributed by atoms with Gasteiger partial charge in [-0.15, -0.1) is 0 Å². The highest BCUT2D eigenvalue weighted by Gasteiger charge is 2.14. The summed E-state index contributed by atoms with van der Waals surface area (Å²) in [5.74, 6) is 0. The number of rotatable bonds is 4. The first kappa shape index (κ1) is 12.8. The SMILES string of the molecule is CC(C)(C)OC(=O)NCC=COBO. The maximum Gasteiger partial charge on any atom is 0.503 e. The van der Waals surface area contributed by atoms with Crippen LogP contribution in [0.1, 0.15) is 20.8 Å². The molecule has 0 heterocycles. The van der Waals surface area contributed by atoms with E-state index in [1.165, 1.54) is 6.26 Å². The lowest BCUT2D eigenvalue weighted by Crippen LogP contribution is -2.32. The van der Waals surface area contributed by atoms with Gasteiger partial charge in [-0.2, -0.15) is 0 Å². The normalized spacial score (nSPS) is 11.1. The van der Waals surface area contributed by atoms with E-state index >= 15 is 0 Å². The van der Waals surface area contributed by atoms with Crippen molar-refractivity contribution in [3.05, 3.63) is 12.3 Å². The lowest BCUT2D eigenvalue weighted by atomic mass is 10.2. The fraction of sp³-hybridized carbons (Fsp3) is 0.625. The van der Waals surface area contributed by atoms with Crippen LogP contribution in [0.3, 0.4) is 0 Å². The van der Waals surface area contributed by atoms with Crippen LogP contribution in [0.25, 0.3) is 0 Å². The van der Waals surface area contributed by atoms with Gasteiger partial charge in [0.1, 0.15) is 5.60 Å². The molecular weight excluding hydrogens is 185 g/mol. The van der Waals surface area contributed by atoms with Gasteiger partial charge in [0.15, 0.2) is 0 Å². The van der Waals surface area contributed by atoms with Gasteiger partial charge in [0.25, 0.3) is 0 Å². The van der Waals surface area contributed by atoms with Crippen molar-refractivity contribution in [2.75, 3.05) is 6.54 Å². The summed E-state index contributed by atoms with van der Waals surface area (Å²) < 4.78 is 9.47. The van der Waals surface area contributed by atoms with Crippen LogP contribution in [-0.4, -0.2) is 30.9 Å². The predicted octanol–water partition coefficient (Wildman–Crippen LogP) is 0.300. The molecule has 0 atom stereocenters. The van der Waals surface area contributed by atoms with Crippen molar-refractivity contribution >= 4 is 13.8 Å². The molecule has 5 nitrogen and oxygen atoms in total. The van der Waals surface area contributed by atoms with Gasteiger partial charge in [-0.25, -0.2) is 4.79 Å². The average Bonchev–Trinajstić information content (AvgIpc) is 2.00. The molecule has 0 radical (unpaired) electrons. The molecule has 0 rings (SSSR count). The van der Waals surface area contributed by atoms with Crippen LogP contribution in [0.5, 0.6) is 0 Å². The molecule has 0 bridgehead atoms. The Bertz CT molecular complexity index is 200. The van der Waals surface area contributed by atoms with Gasteiger partial charge in [-0.05, 0) is 26.8 Å². The second kappa shape index (κ2) is 6.31. The van der Waals surface area contributed by atoms with Crippen LogP contribution < -0.4 is 5.32 Å². The summed E-state index contributed by atoms with van der Waals surface area (Å²) in [4.78, 5) is 11.0. The summed E-state index contributed by atoms with van der Waals surface area (Å²) in [6.07, 6.45) is 2.38. The Labute approximate surface area is 84.4 Å². The fourth-order valence-corrected chi connectivity index (χ4v) is 0.616. The van der Waals surface area contributed by atoms with Gasteiger partial charge in [0.05, 0.1) is 6.26 Å². The molecule has 6 heteroatoms. The number of amides is 1. The second-order valence-electron chi connectivity index (χ2n) is 3.55. The maximum atomic E-state index is 11.0. The van der Waals surface area contributed by atoms with E-state index in [4.69, 9.17) is 9.76 Å². The van der Waals surface area contributed by atoms with Crippen LogP contribution >= 0.6 is 0 Å². The molecule has 0 saturated heterocycles. The summed E-state index contributed by atoms with van der Waals surface area (Å²) in [6, 6.07) is 0. The molecule has 0 aromatic carbocycles. The highest BCUT2D eigenvalue weighted by Crippen LogP contribution is 2.05. The van der Waals surface area contributed by atoms with Crippen molar-refractivity contribution in [3.8, 4) is 0 Å². The third kappa shape index (κ3) is 8.93. The quantitative estimate of drug-likeness (QED) is 0.507. The van der Waals surface area contributed by atoms with E-state index in [9.17, 15) is 4.79 Å². The molecule has 14 heavy (non-hydrogen) atoms. The molecule has 0 aliphatic rings. The first-order chi connectivity index (χ1) is 6.45. The monoisotopic (exact) mass is 201 g/mol. The molecule has 0 aromatic rings. The summed E-state index contributed by atoms with van der Waals surface area (Å²) in [5.41, 5.74) is -0.491. The first-order valence-corrected chi connectivity index (χ1v) is 4.30. The topological polar surface area (TPSA) is 67.8 Å². The molecule has 0 aliphatic heterocycles. The summed E-state index contributed by atoms with van der Waals surface area (Å²) in [5, 5.41) is 10.7. The largest absolute Gasteiger partial charge is 0.545 e. The van der Waals surface area contributed by atoms with Gasteiger partial charge in [-0.1, -0.05) is 0 Å². The zero-order chi connectivity index (χ0) is 11.0. The third-order valence-corrected chi connectivity index (χ3v) is 1.03. The van der Waals surface area contributed by atoms with Crippen LogP contribution in [-0.2, 0) is 9.39 Å². The number of hydrogen-bond donors (Lipinski definition) is 2. The number of carbonyl (C=O) groups is 1. The molecule has 2 N–H and O–H groups in total. The standard InChI is InChI=1S/C8H16BNO4/c1-8(2,3)14-7(11)10-5-4-6-13-9-12/h4,6,9,12H,5H2,1-3H3,(H,10,11). The molecule has 80 valence electrons. The molecule has 0 aliphatic carbocycles. The number of nitrogens with one attached hydrogen (secondary N) is 1. The van der Waals surface area contributed by atoms with Crippen molar-refractivity contribution in [2.24, 2.45) is 0 Å². The molecule has 0 aromatic heterocycles. The van der Waals surface area contributed by atoms with E-state index in [2.05, 4.69) is 9.97 Å². The summed E-state index contributed by atoms with van der Waals surface area (Å²) >= 11 is 0. The van der Waals surface area contributed by atoms with Crippen LogP contribution in [0, 0.1) is 0 Å². The van der Waals surface area contributed by atoms with Gasteiger partial charge in [0.2, 0.25) is 0 Å². The highest BCUT2D eigenvalue weighted by molar-refractivity contribution is 6.16. The third-order valence-electron chi connectivity index (χ3n) is 1.03. The lowest BCUT2D eigenvalue weighted by Gasteiger charge is -2.19. The van der Waals surface area contributed by atoms with E-state index in [1.807, 2.05) is 0 Å². The summed E-state index contributed by atoms with van der Waals surface area (Å²) in [6.45, 7) is 5.67. The summed E-state index contributed by atoms with van der Waals surface area (Å²) in [7, 11) is -0.372. The van der Waals surface area contributed by atoms with Crippen molar-refractivity contribution in [3.63, 3.8) is 0 Å². The van der Waals surface area contributed by atoms with Crippen molar-refractivity contribution < 1.29 is 19.2 Å². The Morgan fingerprint density at radius 1 is 1.57 bits per heavy atom. The Hall–Kier alpha value is -1.17. The zero-order valence-electron chi connectivity index (χ0n) is 8.74. The van der Waals surface area contributed by atoms with Gasteiger partial charge in [0, 0.05) is 6.54 Å². The Balaban J connectivity index is 3.55. The lowest BCUT2D eigenvalue weighted by molar-refractivity contribution is 0.0534. The number of hydrogen-bond acceptors (Lipinski definition) is 4. The minimum Gasteiger partial charge on any atom is -0.545 e. The molecule has 0 spiro atoms. The number of alkyl carbamates (subject to hydrolysis) is 1. The van der Waals surface area contributed by atoms with E-state index in [1.54, 1.807) is 26.8 Å². The molecule has 0 saturated carbocycles. The fourth-order valence-electron chi connectivity index (χ4n) is 0.616. The number of carbonyl (C=O) groups excluding carboxylic acids is 1. The predicted molar refractivity (Wildman–Crippen MR) is 53.8 cm³/mol. The van der Waals surface area contributed by atoms with Gasteiger partial charge in [-0.3, -0.25) is 0 Å². The highest BCUT2D eigenvalue weighted by atomic mass is 16.6. The van der Waals surface area contributed by atoms with Crippen LogP contribution in [0.4, 0.5) is 4.79 Å². The Kier molecular flexibility index (Phi) is 5.79. The molecule has 1 amide bonds. The van der Waals surface area contributed by atoms with Crippen molar-refractivity contribution in [2.45, 2.75) is 26.4 Å².